The van der Waals surface area contributed by atoms with Crippen LogP contribution in [-0.2, 0) is 16.6 Å². The van der Waals surface area contributed by atoms with Crippen molar-refractivity contribution in [1.29, 1.82) is 0 Å². The first-order valence-electron chi connectivity index (χ1n) is 7.73. The number of rotatable bonds is 3. The Kier molecular flexibility index (Phi) is 4.16. The molecule has 1 aliphatic carbocycles. The highest BCUT2D eigenvalue weighted by Gasteiger charge is 2.39. The first kappa shape index (κ1) is 15.4. The molecule has 0 aromatic carbocycles. The van der Waals surface area contributed by atoms with Crippen LogP contribution in [0.1, 0.15) is 44.0 Å². The smallest absolute Gasteiger partial charge is 0.248 e. The Balaban J connectivity index is 1.60. The molecule has 1 aromatic heterocycles. The van der Waals surface area contributed by atoms with Gasteiger partial charge in [0.25, 0.3) is 0 Å². The number of imidazole rings is 1. The quantitative estimate of drug-likeness (QED) is 0.930. The van der Waals surface area contributed by atoms with Gasteiger partial charge in [0, 0.05) is 44.8 Å². The van der Waals surface area contributed by atoms with Crippen molar-refractivity contribution in [3.8, 4) is 0 Å². The van der Waals surface area contributed by atoms with Gasteiger partial charge in [0.15, 0.2) is 0 Å². The molecular formula is C15H21F2N3O2. The summed E-state index contributed by atoms with van der Waals surface area (Å²) in [6, 6.07) is -0.143. The standard InChI is InChI=1S/C15H21F2N3O2/c1-20-8-7-18-13(20)12-11(4-9-22-12)19-14(21)10-2-5-15(16,17)6-3-10/h7-8,10-12H,2-6,9H2,1H3,(H,19,21)/t11-,12-/m0/s1. The van der Waals surface area contributed by atoms with Crippen molar-refractivity contribution in [2.45, 2.75) is 50.2 Å². The summed E-state index contributed by atoms with van der Waals surface area (Å²) in [5, 5.41) is 2.98. The number of carbonyl (C=O) groups is 1. The molecule has 0 bridgehead atoms. The number of nitrogens with zero attached hydrogens (tertiary/aromatic N) is 2. The van der Waals surface area contributed by atoms with Crippen LogP contribution in [0.2, 0.25) is 0 Å². The maximum absolute atomic E-state index is 13.2. The largest absolute Gasteiger partial charge is 0.368 e. The minimum absolute atomic E-state index is 0.134. The van der Waals surface area contributed by atoms with Gasteiger partial charge in [-0.25, -0.2) is 13.8 Å². The van der Waals surface area contributed by atoms with Crippen molar-refractivity contribution in [2.75, 3.05) is 6.61 Å². The molecule has 3 rings (SSSR count). The second kappa shape index (κ2) is 5.95. The number of alkyl halides is 2. The van der Waals surface area contributed by atoms with E-state index in [0.717, 1.165) is 5.82 Å². The van der Waals surface area contributed by atoms with E-state index in [-0.39, 0.29) is 49.7 Å². The summed E-state index contributed by atoms with van der Waals surface area (Å²) in [7, 11) is 1.88. The van der Waals surface area contributed by atoms with Gasteiger partial charge in [0.2, 0.25) is 11.8 Å². The lowest BCUT2D eigenvalue weighted by Gasteiger charge is -2.29. The predicted molar refractivity (Wildman–Crippen MR) is 75.4 cm³/mol. The average molecular weight is 313 g/mol. The zero-order valence-corrected chi connectivity index (χ0v) is 12.6. The van der Waals surface area contributed by atoms with Crippen LogP contribution in [0.3, 0.4) is 0 Å². The van der Waals surface area contributed by atoms with Gasteiger partial charge in [-0.3, -0.25) is 4.79 Å². The molecule has 2 aliphatic rings. The molecule has 1 aromatic rings. The van der Waals surface area contributed by atoms with Crippen molar-refractivity contribution in [2.24, 2.45) is 13.0 Å². The molecule has 2 atom stereocenters. The molecule has 7 heteroatoms. The van der Waals surface area contributed by atoms with E-state index < -0.39 is 5.92 Å². The molecule has 5 nitrogen and oxygen atoms in total. The van der Waals surface area contributed by atoms with Crippen molar-refractivity contribution < 1.29 is 18.3 Å². The molecule has 0 unspecified atom stereocenters. The molecule has 1 aliphatic heterocycles. The molecular weight excluding hydrogens is 292 g/mol. The first-order chi connectivity index (χ1) is 10.5. The third-order valence-electron chi connectivity index (χ3n) is 4.62. The Bertz CT molecular complexity index is 537. The van der Waals surface area contributed by atoms with E-state index in [1.165, 1.54) is 0 Å². The summed E-state index contributed by atoms with van der Waals surface area (Å²) in [5.74, 6) is -2.28. The number of aromatic nitrogens is 2. The van der Waals surface area contributed by atoms with Gasteiger partial charge < -0.3 is 14.6 Å². The molecule has 1 N–H and O–H groups in total. The van der Waals surface area contributed by atoms with E-state index >= 15 is 0 Å². The van der Waals surface area contributed by atoms with Gasteiger partial charge in [-0.15, -0.1) is 0 Å². The van der Waals surface area contributed by atoms with Crippen LogP contribution in [-0.4, -0.2) is 34.0 Å². The van der Waals surface area contributed by atoms with Crippen LogP contribution < -0.4 is 5.32 Å². The maximum Gasteiger partial charge on any atom is 0.248 e. The molecule has 0 radical (unpaired) electrons. The summed E-state index contributed by atoms with van der Waals surface area (Å²) in [6.07, 6.45) is 4.07. The number of hydrogen-bond acceptors (Lipinski definition) is 3. The number of hydrogen-bond donors (Lipinski definition) is 1. The molecule has 22 heavy (non-hydrogen) atoms. The number of halogens is 2. The fraction of sp³-hybridized carbons (Fsp3) is 0.733. The van der Waals surface area contributed by atoms with Crippen molar-refractivity contribution >= 4 is 5.91 Å². The highest BCUT2D eigenvalue weighted by molar-refractivity contribution is 5.79. The van der Waals surface area contributed by atoms with Crippen molar-refractivity contribution in [1.82, 2.24) is 14.9 Å². The fourth-order valence-corrected chi connectivity index (χ4v) is 3.25. The molecule has 2 fully saturated rings. The molecule has 122 valence electrons. The van der Waals surface area contributed by atoms with Crippen LogP contribution in [0.4, 0.5) is 8.78 Å². The molecule has 0 spiro atoms. The normalized spacial score (nSPS) is 28.7. The van der Waals surface area contributed by atoms with Gasteiger partial charge in [0.05, 0.1) is 6.04 Å². The minimum Gasteiger partial charge on any atom is -0.368 e. The van der Waals surface area contributed by atoms with Crippen LogP contribution in [0.15, 0.2) is 12.4 Å². The Morgan fingerprint density at radius 1 is 1.41 bits per heavy atom. The fourth-order valence-electron chi connectivity index (χ4n) is 3.25. The van der Waals surface area contributed by atoms with Crippen LogP contribution in [0, 0.1) is 5.92 Å². The third kappa shape index (κ3) is 3.14. The monoisotopic (exact) mass is 313 g/mol. The highest BCUT2D eigenvalue weighted by Crippen LogP contribution is 2.36. The number of carbonyl (C=O) groups excluding carboxylic acids is 1. The first-order valence-corrected chi connectivity index (χ1v) is 7.73. The third-order valence-corrected chi connectivity index (χ3v) is 4.62. The van der Waals surface area contributed by atoms with Gasteiger partial charge in [-0.05, 0) is 19.3 Å². The van der Waals surface area contributed by atoms with E-state index in [0.29, 0.717) is 13.0 Å². The zero-order valence-electron chi connectivity index (χ0n) is 12.6. The zero-order chi connectivity index (χ0) is 15.7. The maximum atomic E-state index is 13.2. The second-order valence-electron chi connectivity index (χ2n) is 6.22. The summed E-state index contributed by atoms with van der Waals surface area (Å²) in [4.78, 5) is 16.6. The van der Waals surface area contributed by atoms with E-state index in [1.807, 2.05) is 17.8 Å². The Labute approximate surface area is 128 Å². The Hall–Kier alpha value is -1.50. The Morgan fingerprint density at radius 2 is 2.14 bits per heavy atom. The van der Waals surface area contributed by atoms with Crippen LogP contribution in [0.25, 0.3) is 0 Å². The van der Waals surface area contributed by atoms with E-state index in [9.17, 15) is 13.6 Å². The molecule has 1 saturated carbocycles. The summed E-state index contributed by atoms with van der Waals surface area (Å²) >= 11 is 0. The summed E-state index contributed by atoms with van der Waals surface area (Å²) in [5.41, 5.74) is 0. The molecule has 1 saturated heterocycles. The van der Waals surface area contributed by atoms with Crippen molar-refractivity contribution in [3.05, 3.63) is 18.2 Å². The molecule has 2 heterocycles. The number of amides is 1. The Morgan fingerprint density at radius 3 is 2.77 bits per heavy atom. The lowest BCUT2D eigenvalue weighted by Crippen LogP contribution is -2.42. The minimum atomic E-state index is -2.61. The second-order valence-corrected chi connectivity index (χ2v) is 6.22. The lowest BCUT2D eigenvalue weighted by atomic mass is 9.86. The van der Waals surface area contributed by atoms with Crippen LogP contribution >= 0.6 is 0 Å². The summed E-state index contributed by atoms with van der Waals surface area (Å²) < 4.78 is 33.9. The summed E-state index contributed by atoms with van der Waals surface area (Å²) in [6.45, 7) is 0.561. The number of aryl methyl sites for hydroxylation is 1. The van der Waals surface area contributed by atoms with Gasteiger partial charge in [-0.1, -0.05) is 0 Å². The van der Waals surface area contributed by atoms with Crippen molar-refractivity contribution in [3.63, 3.8) is 0 Å². The lowest BCUT2D eigenvalue weighted by molar-refractivity contribution is -0.130. The predicted octanol–water partition coefficient (Wildman–Crippen LogP) is 2.19. The average Bonchev–Trinajstić information content (AvgIpc) is 3.07. The van der Waals surface area contributed by atoms with E-state index in [1.54, 1.807) is 6.20 Å². The highest BCUT2D eigenvalue weighted by atomic mass is 19.3. The van der Waals surface area contributed by atoms with Gasteiger partial charge in [-0.2, -0.15) is 0 Å². The number of nitrogens with one attached hydrogen (secondary N) is 1. The van der Waals surface area contributed by atoms with E-state index in [2.05, 4.69) is 10.3 Å². The SMILES string of the molecule is Cn1ccnc1[C@H]1OCC[C@@H]1NC(=O)C1CCC(F)(F)CC1. The molecule has 1 amide bonds. The van der Waals surface area contributed by atoms with E-state index in [4.69, 9.17) is 4.74 Å². The van der Waals surface area contributed by atoms with Gasteiger partial charge >= 0.3 is 0 Å². The van der Waals surface area contributed by atoms with Gasteiger partial charge in [0.1, 0.15) is 11.9 Å². The van der Waals surface area contributed by atoms with Crippen LogP contribution in [0.5, 0.6) is 0 Å². The number of ether oxygens (including phenoxy) is 1. The topological polar surface area (TPSA) is 56.1 Å².